The number of nitrogens with zero attached hydrogens (tertiary/aromatic N) is 12. The molecule has 0 bridgehead atoms. The van der Waals surface area contributed by atoms with Crippen LogP contribution in [0.2, 0.25) is 15.2 Å². The van der Waals surface area contributed by atoms with Crippen LogP contribution in [0.1, 0.15) is 82.9 Å². The van der Waals surface area contributed by atoms with Crippen LogP contribution in [0, 0.1) is 12.7 Å². The highest BCUT2D eigenvalue weighted by atomic mass is 35.5. The van der Waals surface area contributed by atoms with Crippen LogP contribution in [0.5, 0.6) is 0 Å². The van der Waals surface area contributed by atoms with Crippen molar-refractivity contribution in [2.75, 3.05) is 42.5 Å². The molecule has 3 atom stereocenters. The van der Waals surface area contributed by atoms with E-state index < -0.39 is 17.2 Å². The topological polar surface area (TPSA) is 168 Å². The Bertz CT molecular complexity index is 3530. The SMILES string of the molecule is C=CC(=O)N1C[C@@H](C)N(c2nc(=O)n(-c3c(C)cc(/C=C\C(=O)N4CCN(c5nc(=O)n(-c6scnc6C(C)C)c6nc(-c7ccccc7F)c(Cl)cc56)[C@@H](C)C4)nc3C(C)C)c3nc(Cl)c(Cl)cc23)[C@@H](C)C1. The number of halogens is 4. The summed E-state index contributed by atoms with van der Waals surface area (Å²) in [6.07, 6.45) is 4.42. The number of anilines is 2. The molecule has 0 aliphatic carbocycles. The van der Waals surface area contributed by atoms with Crippen LogP contribution in [0.3, 0.4) is 0 Å². The Morgan fingerprint density at radius 3 is 2.07 bits per heavy atom. The van der Waals surface area contributed by atoms with Gasteiger partial charge in [0, 0.05) is 62.5 Å². The molecule has 9 rings (SSSR count). The number of pyridine rings is 3. The first kappa shape index (κ1) is 51.3. The molecule has 378 valence electrons. The summed E-state index contributed by atoms with van der Waals surface area (Å²) in [4.78, 5) is 91.0. The van der Waals surface area contributed by atoms with Crippen LogP contribution >= 0.6 is 46.1 Å². The minimum absolute atomic E-state index is 0.00679. The van der Waals surface area contributed by atoms with Crippen LogP contribution in [-0.2, 0) is 9.59 Å². The number of rotatable bonds is 10. The lowest BCUT2D eigenvalue weighted by Crippen LogP contribution is -2.58. The Balaban J connectivity index is 1.01. The van der Waals surface area contributed by atoms with E-state index in [0.717, 1.165) is 0 Å². The third kappa shape index (κ3) is 9.49. The molecule has 16 nitrogen and oxygen atoms in total. The fourth-order valence-electron chi connectivity index (χ4n) is 9.92. The lowest BCUT2D eigenvalue weighted by Gasteiger charge is -2.45. The Labute approximate surface area is 439 Å². The third-order valence-corrected chi connectivity index (χ3v) is 15.1. The van der Waals surface area contributed by atoms with E-state index in [1.165, 1.54) is 38.7 Å². The van der Waals surface area contributed by atoms with E-state index in [2.05, 4.69) is 26.5 Å². The average Bonchev–Trinajstić information content (AvgIpc) is 3.83. The number of thiazole rings is 1. The second kappa shape index (κ2) is 20.4. The van der Waals surface area contributed by atoms with Gasteiger partial charge in [-0.2, -0.15) is 9.97 Å². The van der Waals surface area contributed by atoms with Crippen molar-refractivity contribution in [1.82, 2.24) is 48.8 Å². The lowest BCUT2D eigenvalue weighted by atomic mass is 10.0. The molecule has 2 amide bonds. The smallest absolute Gasteiger partial charge is 0.350 e. The summed E-state index contributed by atoms with van der Waals surface area (Å²) < 4.78 is 18.1. The monoisotopic (exact) mass is 1060 g/mol. The van der Waals surface area contributed by atoms with E-state index in [4.69, 9.17) is 44.8 Å². The fraction of sp³-hybridized carbons (Fsp3) is 0.346. The van der Waals surface area contributed by atoms with Crippen LogP contribution in [0.4, 0.5) is 16.0 Å². The first-order valence-electron chi connectivity index (χ1n) is 23.8. The highest BCUT2D eigenvalue weighted by Gasteiger charge is 2.35. The second-order valence-electron chi connectivity index (χ2n) is 19.1. The van der Waals surface area contributed by atoms with E-state index in [-0.39, 0.29) is 86.1 Å². The summed E-state index contributed by atoms with van der Waals surface area (Å²) in [6.45, 7) is 20.9. The zero-order valence-electron chi connectivity index (χ0n) is 41.4. The maximum Gasteiger partial charge on any atom is 0.356 e. The maximum atomic E-state index is 15.2. The van der Waals surface area contributed by atoms with E-state index in [0.29, 0.717) is 81.9 Å². The van der Waals surface area contributed by atoms with Crippen molar-refractivity contribution >= 4 is 97.7 Å². The largest absolute Gasteiger partial charge is 0.356 e. The van der Waals surface area contributed by atoms with Crippen LogP contribution < -0.4 is 21.2 Å². The first-order chi connectivity index (χ1) is 34.8. The minimum Gasteiger partial charge on any atom is -0.350 e. The number of benzene rings is 1. The van der Waals surface area contributed by atoms with Gasteiger partial charge < -0.3 is 19.6 Å². The number of aryl methyl sites for hydroxylation is 1. The van der Waals surface area contributed by atoms with E-state index >= 15 is 4.39 Å². The summed E-state index contributed by atoms with van der Waals surface area (Å²) in [5.41, 5.74) is 4.23. The number of piperazine rings is 2. The molecular weight excluding hydrogens is 1010 g/mol. The van der Waals surface area contributed by atoms with Gasteiger partial charge in [0.25, 0.3) is 0 Å². The van der Waals surface area contributed by atoms with Gasteiger partial charge in [-0.3, -0.25) is 14.6 Å². The predicted molar refractivity (Wildman–Crippen MR) is 288 cm³/mol. The zero-order valence-corrected chi connectivity index (χ0v) is 44.5. The van der Waals surface area contributed by atoms with Gasteiger partial charge in [-0.1, -0.05) is 81.2 Å². The molecule has 2 aliphatic rings. The molecule has 0 N–H and O–H groups in total. The van der Waals surface area contributed by atoms with Crippen molar-refractivity contribution in [3.8, 4) is 21.9 Å². The highest BCUT2D eigenvalue weighted by Crippen LogP contribution is 2.38. The molecule has 21 heteroatoms. The molecule has 2 saturated heterocycles. The highest BCUT2D eigenvalue weighted by molar-refractivity contribution is 7.12. The van der Waals surface area contributed by atoms with Crippen LogP contribution in [0.25, 0.3) is 50.1 Å². The molecule has 6 aromatic heterocycles. The summed E-state index contributed by atoms with van der Waals surface area (Å²) in [5, 5.41) is 1.91. The quantitative estimate of drug-likeness (QED) is 0.0942. The van der Waals surface area contributed by atoms with Gasteiger partial charge in [0.15, 0.2) is 11.3 Å². The average molecular weight is 1070 g/mol. The van der Waals surface area contributed by atoms with Crippen molar-refractivity contribution < 1.29 is 14.0 Å². The number of amides is 2. The number of hydrogen-bond donors (Lipinski definition) is 0. The molecule has 7 aromatic rings. The molecule has 0 radical (unpaired) electrons. The number of hydrogen-bond acceptors (Lipinski definition) is 13. The molecule has 2 aliphatic heterocycles. The fourth-order valence-corrected chi connectivity index (χ4v) is 11.4. The molecule has 73 heavy (non-hydrogen) atoms. The van der Waals surface area contributed by atoms with Gasteiger partial charge in [-0.25, -0.2) is 38.1 Å². The van der Waals surface area contributed by atoms with E-state index in [9.17, 15) is 19.2 Å². The van der Waals surface area contributed by atoms with Crippen LogP contribution in [-0.4, -0.2) is 112 Å². The van der Waals surface area contributed by atoms with Gasteiger partial charge in [0.2, 0.25) is 11.8 Å². The second-order valence-corrected chi connectivity index (χ2v) is 21.1. The Hall–Kier alpha value is -6.60. The number of aromatic nitrogens is 8. The van der Waals surface area contributed by atoms with Gasteiger partial charge in [-0.05, 0) is 87.6 Å². The standard InChI is InChI=1S/C52H52Cl3FN12O4S/c1-10-39(69)64-23-30(8)66(31(9)24-64)49-35-21-37(54)45(55)60-48(35)67(51(71)62-49)44-28(6)19-32(58-41(44)26(2)3)15-16-40(70)63-17-18-65(29(7)22-63)46-34-20-36(53)43(33-13-11-12-14-38(33)56)59-47(34)68(52(72)61-46)50-42(27(4)5)57-25-73-50/h10-16,19-21,25-27,29-31H,1,17-18,22-24H2,2-9H3/b16-15-/t29-,30-,31+/m0/s1. The number of carbonyl (C=O) groups excluding carboxylic acids is 2. The molecule has 8 heterocycles. The molecule has 0 saturated carbocycles. The van der Waals surface area contributed by atoms with Crippen molar-refractivity contribution in [1.29, 1.82) is 0 Å². The van der Waals surface area contributed by atoms with Crippen LogP contribution in [0.15, 0.2) is 76.3 Å². The molecule has 0 spiro atoms. The maximum absolute atomic E-state index is 15.2. The summed E-state index contributed by atoms with van der Waals surface area (Å²) >= 11 is 21.4. The first-order valence-corrected chi connectivity index (χ1v) is 25.8. The zero-order chi connectivity index (χ0) is 52.3. The Kier molecular flexibility index (Phi) is 14.3. The molecule has 1 aromatic carbocycles. The Morgan fingerprint density at radius 2 is 1.40 bits per heavy atom. The Morgan fingerprint density at radius 1 is 0.767 bits per heavy atom. The predicted octanol–water partition coefficient (Wildman–Crippen LogP) is 9.41. The van der Waals surface area contributed by atoms with E-state index in [1.54, 1.807) is 57.8 Å². The van der Waals surface area contributed by atoms with Crippen molar-refractivity contribution in [2.24, 2.45) is 0 Å². The summed E-state index contributed by atoms with van der Waals surface area (Å²) in [5.74, 6) is -0.443. The van der Waals surface area contributed by atoms with Crippen molar-refractivity contribution in [2.45, 2.75) is 85.4 Å². The van der Waals surface area contributed by atoms with Crippen molar-refractivity contribution in [3.05, 3.63) is 131 Å². The van der Waals surface area contributed by atoms with Crippen molar-refractivity contribution in [3.63, 3.8) is 0 Å². The van der Waals surface area contributed by atoms with Gasteiger partial charge >= 0.3 is 11.4 Å². The van der Waals surface area contributed by atoms with Gasteiger partial charge in [0.05, 0.1) is 54.8 Å². The summed E-state index contributed by atoms with van der Waals surface area (Å²) in [6, 6.07) is 10.5. The molecule has 2 fully saturated rings. The molecular formula is C52H52Cl3FN12O4S. The van der Waals surface area contributed by atoms with E-state index in [1.807, 2.05) is 65.2 Å². The third-order valence-electron chi connectivity index (χ3n) is 13.3. The van der Waals surface area contributed by atoms with Gasteiger partial charge in [-0.15, -0.1) is 11.3 Å². The normalized spacial score (nSPS) is 17.5. The number of carbonyl (C=O) groups is 2. The summed E-state index contributed by atoms with van der Waals surface area (Å²) in [7, 11) is 0. The minimum atomic E-state index is -0.605. The lowest BCUT2D eigenvalue weighted by molar-refractivity contribution is -0.127. The molecule has 0 unspecified atom stereocenters. The number of fused-ring (bicyclic) bond motifs is 2. The van der Waals surface area contributed by atoms with Gasteiger partial charge in [0.1, 0.15) is 27.6 Å².